The van der Waals surface area contributed by atoms with Crippen LogP contribution in [0.1, 0.15) is 31.1 Å². The molecule has 1 rings (SSSR count). The smallest absolute Gasteiger partial charge is 0.387 e. The monoisotopic (exact) mass is 276 g/mol. The van der Waals surface area contributed by atoms with Gasteiger partial charge in [-0.15, -0.1) is 0 Å². The van der Waals surface area contributed by atoms with E-state index in [4.69, 9.17) is 5.73 Å². The third-order valence-corrected chi connectivity index (χ3v) is 2.52. The van der Waals surface area contributed by atoms with Crippen LogP contribution in [0, 0.1) is 0 Å². The van der Waals surface area contributed by atoms with Crippen LogP contribution in [0.5, 0.6) is 0 Å². The Hall–Kier alpha value is -1.60. The number of amides is 1. The normalized spacial score (nSPS) is 14.9. The quantitative estimate of drug-likeness (QED) is 0.790. The van der Waals surface area contributed by atoms with Crippen molar-refractivity contribution in [3.8, 4) is 0 Å². The van der Waals surface area contributed by atoms with E-state index in [0.717, 1.165) is 19.1 Å². The molecule has 0 spiro atoms. The molecular weight excluding hydrogens is 261 g/mol. The van der Waals surface area contributed by atoms with Crippen molar-refractivity contribution in [2.75, 3.05) is 5.32 Å². The van der Waals surface area contributed by atoms with Crippen molar-refractivity contribution in [2.24, 2.45) is 5.73 Å². The fourth-order valence-corrected chi connectivity index (χ4v) is 1.65. The van der Waals surface area contributed by atoms with Crippen molar-refractivity contribution in [2.45, 2.75) is 32.2 Å². The number of hydrogen-bond acceptors (Lipinski definition) is 3. The van der Waals surface area contributed by atoms with Crippen LogP contribution in [-0.2, 0) is 11.0 Å². The molecule has 0 bridgehead atoms. The van der Waals surface area contributed by atoms with Gasteiger partial charge in [0.15, 0.2) is 0 Å². The fourth-order valence-electron chi connectivity index (χ4n) is 1.65. The van der Waals surface area contributed by atoms with Crippen molar-refractivity contribution in [3.63, 3.8) is 0 Å². The zero-order valence-corrected chi connectivity index (χ0v) is 10.5. The highest BCUT2D eigenvalue weighted by Gasteiger charge is 2.35. The summed E-state index contributed by atoms with van der Waals surface area (Å²) in [6, 6.07) is 2.53. The third-order valence-electron chi connectivity index (χ3n) is 2.52. The predicted molar refractivity (Wildman–Crippen MR) is 64.4 cm³/mol. The van der Waals surface area contributed by atoms with E-state index in [0.29, 0.717) is 0 Å². The number of aliphatic hydroxyl groups excluding tert-OH is 1. The summed E-state index contributed by atoms with van der Waals surface area (Å²) < 4.78 is 38.6. The van der Waals surface area contributed by atoms with Gasteiger partial charge in [-0.3, -0.25) is 4.79 Å². The Kier molecular flexibility index (Phi) is 4.54. The van der Waals surface area contributed by atoms with Crippen molar-refractivity contribution in [1.82, 2.24) is 0 Å². The number of nitrogens with one attached hydrogen (secondary N) is 1. The summed E-state index contributed by atoms with van der Waals surface area (Å²) >= 11 is 0. The third kappa shape index (κ3) is 3.68. The van der Waals surface area contributed by atoms with E-state index in [1.807, 2.05) is 0 Å². The Balaban J connectivity index is 3.42. The van der Waals surface area contributed by atoms with Crippen LogP contribution in [0.2, 0.25) is 0 Å². The van der Waals surface area contributed by atoms with Crippen LogP contribution in [0.4, 0.5) is 18.9 Å². The molecule has 0 heterocycles. The zero-order valence-electron chi connectivity index (χ0n) is 10.5. The topological polar surface area (TPSA) is 75.3 Å². The molecule has 2 unspecified atom stereocenters. The highest BCUT2D eigenvalue weighted by molar-refractivity contribution is 5.90. The second-order valence-corrected chi connectivity index (χ2v) is 4.25. The summed E-state index contributed by atoms with van der Waals surface area (Å²) in [5.74, 6) is -0.658. The van der Waals surface area contributed by atoms with Crippen LogP contribution in [0.3, 0.4) is 0 Å². The minimum Gasteiger partial charge on any atom is -0.387 e. The number of hydrogen-bond donors (Lipinski definition) is 3. The molecule has 7 heteroatoms. The van der Waals surface area contributed by atoms with Gasteiger partial charge >= 0.3 is 6.18 Å². The van der Waals surface area contributed by atoms with E-state index in [1.165, 1.54) is 13.0 Å². The molecule has 0 fully saturated rings. The van der Waals surface area contributed by atoms with E-state index in [-0.39, 0.29) is 5.56 Å². The maximum atomic E-state index is 12.9. The Bertz CT molecular complexity index is 473. The second-order valence-electron chi connectivity index (χ2n) is 4.25. The van der Waals surface area contributed by atoms with Crippen molar-refractivity contribution >= 4 is 11.6 Å². The molecule has 0 aliphatic carbocycles. The van der Waals surface area contributed by atoms with Crippen molar-refractivity contribution in [1.29, 1.82) is 0 Å². The van der Waals surface area contributed by atoms with Crippen molar-refractivity contribution < 1.29 is 23.1 Å². The number of rotatable bonds is 3. The Labute approximate surface area is 108 Å². The standard InChI is InChI=1S/C12H15F3N2O2/c1-6(16)11(19)8-4-3-5-9(12(13,14)15)10(8)17-7(2)18/h3-6,11,19H,16H2,1-2H3,(H,17,18). The average Bonchev–Trinajstić information content (AvgIpc) is 2.25. The van der Waals surface area contributed by atoms with Crippen LogP contribution in [0.15, 0.2) is 18.2 Å². The van der Waals surface area contributed by atoms with Gasteiger partial charge in [-0.25, -0.2) is 0 Å². The van der Waals surface area contributed by atoms with Gasteiger partial charge in [0.2, 0.25) is 5.91 Å². The lowest BCUT2D eigenvalue weighted by molar-refractivity contribution is -0.137. The number of benzene rings is 1. The Morgan fingerprint density at radius 1 is 1.42 bits per heavy atom. The van der Waals surface area contributed by atoms with Gasteiger partial charge in [0.1, 0.15) is 0 Å². The second kappa shape index (κ2) is 5.58. The molecule has 0 radical (unpaired) electrons. The summed E-state index contributed by atoms with van der Waals surface area (Å²) in [5, 5.41) is 11.9. The lowest BCUT2D eigenvalue weighted by atomic mass is 9.98. The lowest BCUT2D eigenvalue weighted by Gasteiger charge is -2.22. The molecule has 106 valence electrons. The van der Waals surface area contributed by atoms with Gasteiger partial charge in [0.05, 0.1) is 17.4 Å². The van der Waals surface area contributed by atoms with Crippen molar-refractivity contribution in [3.05, 3.63) is 29.3 Å². The number of aliphatic hydroxyl groups is 1. The molecular formula is C12H15F3N2O2. The largest absolute Gasteiger partial charge is 0.418 e. The predicted octanol–water partition coefficient (Wildman–Crippen LogP) is 2.04. The minimum atomic E-state index is -4.63. The summed E-state index contributed by atoms with van der Waals surface area (Å²) in [6.45, 7) is 2.55. The number of carbonyl (C=O) groups excluding carboxylic acids is 1. The van der Waals surface area contributed by atoms with E-state index in [2.05, 4.69) is 5.32 Å². The molecule has 19 heavy (non-hydrogen) atoms. The van der Waals surface area contributed by atoms with Crippen LogP contribution in [0.25, 0.3) is 0 Å². The molecule has 1 aromatic rings. The average molecular weight is 276 g/mol. The highest BCUT2D eigenvalue weighted by atomic mass is 19.4. The molecule has 0 saturated carbocycles. The van der Waals surface area contributed by atoms with E-state index >= 15 is 0 Å². The first-order valence-electron chi connectivity index (χ1n) is 5.56. The summed E-state index contributed by atoms with van der Waals surface area (Å²) in [6.07, 6.45) is -5.94. The maximum Gasteiger partial charge on any atom is 0.418 e. The maximum absolute atomic E-state index is 12.9. The minimum absolute atomic E-state index is 0.0555. The van der Waals surface area contributed by atoms with Crippen LogP contribution >= 0.6 is 0 Å². The molecule has 0 saturated heterocycles. The van der Waals surface area contributed by atoms with Gasteiger partial charge in [-0.1, -0.05) is 12.1 Å². The molecule has 1 aromatic carbocycles. The van der Waals surface area contributed by atoms with E-state index < -0.39 is 35.5 Å². The molecule has 0 aliphatic heterocycles. The first-order chi connectivity index (χ1) is 8.64. The molecule has 0 aliphatic rings. The van der Waals surface area contributed by atoms with Gasteiger partial charge in [0.25, 0.3) is 0 Å². The number of halogens is 3. The van der Waals surface area contributed by atoms with E-state index in [1.54, 1.807) is 0 Å². The Morgan fingerprint density at radius 2 is 2.00 bits per heavy atom. The number of carbonyl (C=O) groups is 1. The van der Waals surface area contributed by atoms with Crippen LogP contribution < -0.4 is 11.1 Å². The molecule has 4 nitrogen and oxygen atoms in total. The Morgan fingerprint density at radius 3 is 2.42 bits per heavy atom. The lowest BCUT2D eigenvalue weighted by Crippen LogP contribution is -2.26. The van der Waals surface area contributed by atoms with Gasteiger partial charge in [-0.2, -0.15) is 13.2 Å². The first-order valence-corrected chi connectivity index (χ1v) is 5.56. The zero-order chi connectivity index (χ0) is 14.8. The van der Waals surface area contributed by atoms with Gasteiger partial charge in [-0.05, 0) is 13.0 Å². The molecule has 1 amide bonds. The summed E-state index contributed by atoms with van der Waals surface area (Å²) in [5.41, 5.74) is 3.96. The highest BCUT2D eigenvalue weighted by Crippen LogP contribution is 2.38. The molecule has 0 aromatic heterocycles. The van der Waals surface area contributed by atoms with Gasteiger partial charge < -0.3 is 16.2 Å². The number of alkyl halides is 3. The molecule has 4 N–H and O–H groups in total. The number of anilines is 1. The summed E-state index contributed by atoms with van der Waals surface area (Å²) in [7, 11) is 0. The van der Waals surface area contributed by atoms with E-state index in [9.17, 15) is 23.1 Å². The molecule has 2 atom stereocenters. The summed E-state index contributed by atoms with van der Waals surface area (Å²) in [4.78, 5) is 11.0. The number of nitrogens with two attached hydrogens (primary N) is 1. The first kappa shape index (κ1) is 15.5. The number of para-hydroxylation sites is 1. The SMILES string of the molecule is CC(=O)Nc1c(C(O)C(C)N)cccc1C(F)(F)F. The van der Waals surface area contributed by atoms with Gasteiger partial charge in [0, 0.05) is 18.5 Å². The fraction of sp³-hybridized carbons (Fsp3) is 0.417. The van der Waals surface area contributed by atoms with Crippen LogP contribution in [-0.4, -0.2) is 17.1 Å².